The van der Waals surface area contributed by atoms with Gasteiger partial charge in [-0.1, -0.05) is 18.2 Å². The SMILES string of the molecule is Cn1ccnc1C(O)c1cccc(F)c1N1CCN(Cc2ccccn2)CC1. The van der Waals surface area contributed by atoms with Crippen molar-refractivity contribution < 1.29 is 9.50 Å². The summed E-state index contributed by atoms with van der Waals surface area (Å²) in [7, 11) is 1.82. The van der Waals surface area contributed by atoms with Crippen LogP contribution in [0.4, 0.5) is 10.1 Å². The lowest BCUT2D eigenvalue weighted by Gasteiger charge is -2.37. The number of para-hydroxylation sites is 1. The molecule has 1 atom stereocenters. The van der Waals surface area contributed by atoms with Crippen LogP contribution in [0.5, 0.6) is 0 Å². The molecule has 3 aromatic rings. The zero-order valence-electron chi connectivity index (χ0n) is 15.9. The predicted molar refractivity (Wildman–Crippen MR) is 105 cm³/mol. The third-order valence-electron chi connectivity index (χ3n) is 5.22. The minimum atomic E-state index is -0.975. The fourth-order valence-corrected chi connectivity index (χ4v) is 3.72. The summed E-state index contributed by atoms with van der Waals surface area (Å²) in [5.74, 6) is 0.185. The van der Waals surface area contributed by atoms with Gasteiger partial charge in [0.25, 0.3) is 0 Å². The van der Waals surface area contributed by atoms with E-state index in [9.17, 15) is 9.50 Å². The maximum Gasteiger partial charge on any atom is 0.146 e. The first-order chi connectivity index (χ1) is 13.6. The van der Waals surface area contributed by atoms with Crippen LogP contribution in [-0.4, -0.2) is 50.7 Å². The molecule has 2 aromatic heterocycles. The summed E-state index contributed by atoms with van der Waals surface area (Å²) in [6.07, 6.45) is 4.23. The molecule has 0 bridgehead atoms. The van der Waals surface area contributed by atoms with Crippen LogP contribution in [0.3, 0.4) is 0 Å². The van der Waals surface area contributed by atoms with Gasteiger partial charge in [0.15, 0.2) is 0 Å². The van der Waals surface area contributed by atoms with Gasteiger partial charge in [-0.05, 0) is 18.2 Å². The van der Waals surface area contributed by atoms with Gasteiger partial charge in [-0.25, -0.2) is 9.37 Å². The van der Waals surface area contributed by atoms with E-state index in [0.717, 1.165) is 25.3 Å². The van der Waals surface area contributed by atoms with E-state index in [-0.39, 0.29) is 5.82 Å². The Morgan fingerprint density at radius 3 is 2.54 bits per heavy atom. The lowest BCUT2D eigenvalue weighted by Crippen LogP contribution is -2.46. The predicted octanol–water partition coefficient (Wildman–Crippen LogP) is 2.36. The van der Waals surface area contributed by atoms with Crippen molar-refractivity contribution in [2.75, 3.05) is 31.1 Å². The van der Waals surface area contributed by atoms with Crippen LogP contribution in [0.25, 0.3) is 0 Å². The number of hydrogen-bond acceptors (Lipinski definition) is 5. The fraction of sp³-hybridized carbons (Fsp3) is 0.333. The largest absolute Gasteiger partial charge is 0.380 e. The number of benzene rings is 1. The van der Waals surface area contributed by atoms with E-state index >= 15 is 0 Å². The smallest absolute Gasteiger partial charge is 0.146 e. The fourth-order valence-electron chi connectivity index (χ4n) is 3.72. The molecule has 1 N–H and O–H groups in total. The summed E-state index contributed by atoms with van der Waals surface area (Å²) in [6, 6.07) is 10.8. The van der Waals surface area contributed by atoms with Crippen LogP contribution in [0.1, 0.15) is 23.2 Å². The first-order valence-electron chi connectivity index (χ1n) is 9.44. The number of aromatic nitrogens is 3. The highest BCUT2D eigenvalue weighted by molar-refractivity contribution is 5.57. The van der Waals surface area contributed by atoms with E-state index in [0.29, 0.717) is 30.2 Å². The Bertz CT molecular complexity index is 922. The maximum absolute atomic E-state index is 14.8. The molecule has 7 heteroatoms. The van der Waals surface area contributed by atoms with E-state index < -0.39 is 6.10 Å². The number of pyridine rings is 1. The summed E-state index contributed by atoms with van der Waals surface area (Å²) in [5.41, 5.74) is 2.05. The third kappa shape index (κ3) is 3.76. The van der Waals surface area contributed by atoms with Gasteiger partial charge < -0.3 is 14.6 Å². The summed E-state index contributed by atoms with van der Waals surface area (Å²) >= 11 is 0. The van der Waals surface area contributed by atoms with Gasteiger partial charge in [0.2, 0.25) is 0 Å². The highest BCUT2D eigenvalue weighted by atomic mass is 19.1. The normalized spacial score (nSPS) is 16.3. The molecule has 1 aliphatic rings. The molecule has 6 nitrogen and oxygen atoms in total. The lowest BCUT2D eigenvalue weighted by atomic mass is 10.0. The lowest BCUT2D eigenvalue weighted by molar-refractivity contribution is 0.205. The molecule has 1 aliphatic heterocycles. The van der Waals surface area contributed by atoms with E-state index in [2.05, 4.69) is 14.9 Å². The molecular weight excluding hydrogens is 357 g/mol. The summed E-state index contributed by atoms with van der Waals surface area (Å²) in [5, 5.41) is 10.8. The molecule has 28 heavy (non-hydrogen) atoms. The molecule has 146 valence electrons. The molecule has 1 fully saturated rings. The Hall–Kier alpha value is -2.77. The van der Waals surface area contributed by atoms with Crippen LogP contribution in [0.2, 0.25) is 0 Å². The molecule has 1 saturated heterocycles. The van der Waals surface area contributed by atoms with Gasteiger partial charge in [0, 0.05) is 63.9 Å². The van der Waals surface area contributed by atoms with Crippen LogP contribution < -0.4 is 4.90 Å². The van der Waals surface area contributed by atoms with E-state index in [4.69, 9.17) is 0 Å². The highest BCUT2D eigenvalue weighted by Gasteiger charge is 2.26. The molecule has 0 spiro atoms. The molecular formula is C21H24FN5O. The van der Waals surface area contributed by atoms with Crippen molar-refractivity contribution in [3.05, 3.63) is 77.9 Å². The van der Waals surface area contributed by atoms with Gasteiger partial charge in [0.1, 0.15) is 17.7 Å². The minimum absolute atomic E-state index is 0.316. The second kappa shape index (κ2) is 8.08. The molecule has 0 radical (unpaired) electrons. The first-order valence-corrected chi connectivity index (χ1v) is 9.44. The number of rotatable bonds is 5. The minimum Gasteiger partial charge on any atom is -0.380 e. The molecule has 0 saturated carbocycles. The molecule has 1 unspecified atom stereocenters. The molecule has 1 aromatic carbocycles. The van der Waals surface area contributed by atoms with Crippen molar-refractivity contribution in [2.24, 2.45) is 7.05 Å². The summed E-state index contributed by atoms with van der Waals surface area (Å²) in [6.45, 7) is 3.78. The Labute approximate surface area is 163 Å². The van der Waals surface area contributed by atoms with Crippen molar-refractivity contribution >= 4 is 5.69 Å². The van der Waals surface area contributed by atoms with Gasteiger partial charge in [-0.2, -0.15) is 0 Å². The molecule has 0 amide bonds. The second-order valence-corrected chi connectivity index (χ2v) is 7.06. The van der Waals surface area contributed by atoms with Crippen molar-refractivity contribution in [3.63, 3.8) is 0 Å². The van der Waals surface area contributed by atoms with Crippen LogP contribution in [0.15, 0.2) is 55.0 Å². The standard InChI is InChI=1S/C21H24FN5O/c1-25-10-9-24-21(25)20(28)17-6-4-7-18(22)19(17)27-13-11-26(12-14-27)15-16-5-2-3-8-23-16/h2-10,20,28H,11-15H2,1H3. The number of aliphatic hydroxyl groups is 1. The van der Waals surface area contributed by atoms with E-state index in [1.807, 2.05) is 30.1 Å². The molecule has 3 heterocycles. The molecule has 4 rings (SSSR count). The average molecular weight is 381 g/mol. The van der Waals surface area contributed by atoms with Crippen LogP contribution in [0, 0.1) is 5.82 Å². The maximum atomic E-state index is 14.8. The average Bonchev–Trinajstić information content (AvgIpc) is 3.15. The van der Waals surface area contributed by atoms with Crippen LogP contribution in [-0.2, 0) is 13.6 Å². The second-order valence-electron chi connectivity index (χ2n) is 7.06. The van der Waals surface area contributed by atoms with Crippen molar-refractivity contribution in [2.45, 2.75) is 12.6 Å². The van der Waals surface area contributed by atoms with Gasteiger partial charge in [0.05, 0.1) is 11.4 Å². The van der Waals surface area contributed by atoms with E-state index in [1.54, 1.807) is 35.3 Å². The number of piperazine rings is 1. The number of nitrogens with zero attached hydrogens (tertiary/aromatic N) is 5. The van der Waals surface area contributed by atoms with Gasteiger partial charge in [-0.15, -0.1) is 0 Å². The number of aryl methyl sites for hydroxylation is 1. The first kappa shape index (κ1) is 18.6. The number of anilines is 1. The van der Waals surface area contributed by atoms with Gasteiger partial charge in [-0.3, -0.25) is 9.88 Å². The Balaban J connectivity index is 1.51. The Kier molecular flexibility index (Phi) is 5.36. The third-order valence-corrected chi connectivity index (χ3v) is 5.22. The van der Waals surface area contributed by atoms with Crippen molar-refractivity contribution in [1.82, 2.24) is 19.4 Å². The van der Waals surface area contributed by atoms with E-state index in [1.165, 1.54) is 6.07 Å². The van der Waals surface area contributed by atoms with Crippen molar-refractivity contribution in [3.8, 4) is 0 Å². The highest BCUT2D eigenvalue weighted by Crippen LogP contribution is 2.33. The summed E-state index contributed by atoms with van der Waals surface area (Å²) < 4.78 is 16.5. The topological polar surface area (TPSA) is 57.4 Å². The molecule has 0 aliphatic carbocycles. The zero-order valence-corrected chi connectivity index (χ0v) is 15.9. The quantitative estimate of drug-likeness (QED) is 0.735. The van der Waals surface area contributed by atoms with Gasteiger partial charge >= 0.3 is 0 Å². The number of hydrogen-bond donors (Lipinski definition) is 1. The van der Waals surface area contributed by atoms with Crippen molar-refractivity contribution in [1.29, 1.82) is 0 Å². The summed E-state index contributed by atoms with van der Waals surface area (Å²) in [4.78, 5) is 12.9. The number of imidazole rings is 1. The monoisotopic (exact) mass is 381 g/mol. The Morgan fingerprint density at radius 2 is 1.86 bits per heavy atom. The number of halogens is 1. The zero-order chi connectivity index (χ0) is 19.5. The van der Waals surface area contributed by atoms with Crippen LogP contribution >= 0.6 is 0 Å². The number of aliphatic hydroxyl groups excluding tert-OH is 1. The Morgan fingerprint density at radius 1 is 1.04 bits per heavy atom.